The third-order valence-electron chi connectivity index (χ3n) is 3.84. The van der Waals surface area contributed by atoms with Gasteiger partial charge in [-0.05, 0) is 38.1 Å². The molecule has 0 atom stereocenters. The summed E-state index contributed by atoms with van der Waals surface area (Å²) in [5, 5.41) is 3.10. The molecular formula is C17H23N3O5S2. The number of hydrogen-bond donors (Lipinski definition) is 1. The first-order chi connectivity index (χ1) is 12.8. The van der Waals surface area contributed by atoms with Crippen molar-refractivity contribution in [1.82, 2.24) is 9.29 Å². The zero-order valence-corrected chi connectivity index (χ0v) is 17.3. The largest absolute Gasteiger partial charge is 0.497 e. The van der Waals surface area contributed by atoms with Gasteiger partial charge in [-0.3, -0.25) is 4.79 Å². The summed E-state index contributed by atoms with van der Waals surface area (Å²) in [6.07, 6.45) is 0. The molecule has 148 valence electrons. The molecule has 0 aliphatic heterocycles. The van der Waals surface area contributed by atoms with Gasteiger partial charge < -0.3 is 14.8 Å². The third kappa shape index (κ3) is 5.48. The van der Waals surface area contributed by atoms with Gasteiger partial charge >= 0.3 is 0 Å². The second-order valence-corrected chi connectivity index (χ2v) is 8.86. The van der Waals surface area contributed by atoms with Crippen LogP contribution in [0.3, 0.4) is 0 Å². The fraction of sp³-hybridized carbons (Fsp3) is 0.412. The lowest BCUT2D eigenvalue weighted by atomic mass is 10.3. The van der Waals surface area contributed by atoms with Crippen molar-refractivity contribution in [3.8, 4) is 5.75 Å². The second-order valence-electron chi connectivity index (χ2n) is 5.72. The van der Waals surface area contributed by atoms with Crippen LogP contribution in [0.4, 0.5) is 5.13 Å². The highest BCUT2D eigenvalue weighted by molar-refractivity contribution is 7.89. The molecule has 1 aromatic heterocycles. The molecule has 0 saturated heterocycles. The van der Waals surface area contributed by atoms with Gasteiger partial charge in [-0.15, -0.1) is 11.3 Å². The summed E-state index contributed by atoms with van der Waals surface area (Å²) in [5.74, 6) is 0.0848. The van der Waals surface area contributed by atoms with Crippen molar-refractivity contribution in [2.75, 3.05) is 39.2 Å². The average Bonchev–Trinajstić information content (AvgIpc) is 2.95. The topological polar surface area (TPSA) is 97.8 Å². The lowest BCUT2D eigenvalue weighted by molar-refractivity contribution is -0.116. The number of benzene rings is 1. The molecule has 1 aromatic carbocycles. The molecule has 0 aliphatic carbocycles. The highest BCUT2D eigenvalue weighted by atomic mass is 32.2. The van der Waals surface area contributed by atoms with Crippen LogP contribution in [-0.4, -0.2) is 57.5 Å². The second kappa shape index (κ2) is 9.27. The molecular weight excluding hydrogens is 390 g/mol. The SMILES string of the molecule is COCCN(CC(=O)Nc1nc(C)c(C)s1)S(=O)(=O)c1ccc(OC)cc1. The molecule has 1 heterocycles. The maximum atomic E-state index is 12.9. The quantitative estimate of drug-likeness (QED) is 0.676. The minimum atomic E-state index is -3.87. The monoisotopic (exact) mass is 413 g/mol. The maximum absolute atomic E-state index is 12.9. The van der Waals surface area contributed by atoms with Gasteiger partial charge in [0.1, 0.15) is 5.75 Å². The molecule has 10 heteroatoms. The number of carbonyl (C=O) groups is 1. The number of anilines is 1. The first kappa shape index (κ1) is 21.3. The Bertz CT molecular complexity index is 859. The lowest BCUT2D eigenvalue weighted by Gasteiger charge is -2.21. The minimum absolute atomic E-state index is 0.0498. The van der Waals surface area contributed by atoms with Gasteiger partial charge in [-0.1, -0.05) is 0 Å². The Labute approximate surface area is 163 Å². The van der Waals surface area contributed by atoms with E-state index in [4.69, 9.17) is 9.47 Å². The van der Waals surface area contributed by atoms with Gasteiger partial charge in [-0.25, -0.2) is 13.4 Å². The summed E-state index contributed by atoms with van der Waals surface area (Å²) in [4.78, 5) is 17.7. The smallest absolute Gasteiger partial charge is 0.243 e. The van der Waals surface area contributed by atoms with E-state index in [-0.39, 0.29) is 24.6 Å². The van der Waals surface area contributed by atoms with Gasteiger partial charge in [0.25, 0.3) is 0 Å². The van der Waals surface area contributed by atoms with Crippen LogP contribution < -0.4 is 10.1 Å². The summed E-state index contributed by atoms with van der Waals surface area (Å²) >= 11 is 1.35. The van der Waals surface area contributed by atoms with Crippen LogP contribution in [-0.2, 0) is 19.6 Å². The number of carbonyl (C=O) groups excluding carboxylic acids is 1. The molecule has 2 aromatic rings. The van der Waals surface area contributed by atoms with Crippen molar-refractivity contribution in [3.63, 3.8) is 0 Å². The fourth-order valence-electron chi connectivity index (χ4n) is 2.22. The number of nitrogens with one attached hydrogen (secondary N) is 1. The zero-order chi connectivity index (χ0) is 20.0. The lowest BCUT2D eigenvalue weighted by Crippen LogP contribution is -2.39. The number of nitrogens with zero attached hydrogens (tertiary/aromatic N) is 2. The van der Waals surface area contributed by atoms with Crippen molar-refractivity contribution >= 4 is 32.4 Å². The van der Waals surface area contributed by atoms with Crippen molar-refractivity contribution in [1.29, 1.82) is 0 Å². The summed E-state index contributed by atoms with van der Waals surface area (Å²) < 4.78 is 37.0. The first-order valence-corrected chi connectivity index (χ1v) is 10.4. The van der Waals surface area contributed by atoms with Gasteiger partial charge in [0.2, 0.25) is 15.9 Å². The van der Waals surface area contributed by atoms with E-state index in [1.54, 1.807) is 12.1 Å². The van der Waals surface area contributed by atoms with E-state index in [9.17, 15) is 13.2 Å². The van der Waals surface area contributed by atoms with E-state index < -0.39 is 15.9 Å². The Kier molecular flexibility index (Phi) is 7.31. The van der Waals surface area contributed by atoms with Crippen LogP contribution in [0, 0.1) is 13.8 Å². The van der Waals surface area contributed by atoms with E-state index in [1.165, 1.54) is 37.7 Å². The normalized spacial score (nSPS) is 11.6. The average molecular weight is 414 g/mol. The van der Waals surface area contributed by atoms with Gasteiger partial charge in [0.05, 0.1) is 30.9 Å². The number of aromatic nitrogens is 1. The van der Waals surface area contributed by atoms with Crippen LogP contribution >= 0.6 is 11.3 Å². The highest BCUT2D eigenvalue weighted by Gasteiger charge is 2.27. The standard InChI is InChI=1S/C17H23N3O5S2/c1-12-13(2)26-17(18-12)19-16(21)11-20(9-10-24-3)27(22,23)15-7-5-14(25-4)6-8-15/h5-8H,9-11H2,1-4H3,(H,18,19,21). The Morgan fingerprint density at radius 1 is 1.22 bits per heavy atom. The van der Waals surface area contributed by atoms with E-state index in [0.29, 0.717) is 10.9 Å². The molecule has 0 unspecified atom stereocenters. The van der Waals surface area contributed by atoms with Crippen molar-refractivity contribution < 1.29 is 22.7 Å². The summed E-state index contributed by atoms with van der Waals surface area (Å²) in [6.45, 7) is 3.63. The number of rotatable bonds is 9. The van der Waals surface area contributed by atoms with Crippen LogP contribution in [0.25, 0.3) is 0 Å². The molecule has 0 spiro atoms. The first-order valence-electron chi connectivity index (χ1n) is 8.15. The maximum Gasteiger partial charge on any atom is 0.243 e. The van der Waals surface area contributed by atoms with Crippen molar-refractivity contribution in [3.05, 3.63) is 34.8 Å². The Hall–Kier alpha value is -2.01. The Balaban J connectivity index is 2.18. The molecule has 0 aliphatic rings. The molecule has 1 N–H and O–H groups in total. The summed E-state index contributed by atoms with van der Waals surface area (Å²) in [7, 11) is -0.896. The number of methoxy groups -OCH3 is 2. The zero-order valence-electron chi connectivity index (χ0n) is 15.7. The number of ether oxygens (including phenoxy) is 2. The minimum Gasteiger partial charge on any atom is -0.497 e. The molecule has 0 radical (unpaired) electrons. The predicted molar refractivity (Wildman–Crippen MR) is 104 cm³/mol. The number of sulfonamides is 1. The van der Waals surface area contributed by atoms with E-state index in [1.807, 2.05) is 13.8 Å². The van der Waals surface area contributed by atoms with Crippen LogP contribution in [0.1, 0.15) is 10.6 Å². The Morgan fingerprint density at radius 3 is 2.41 bits per heavy atom. The fourth-order valence-corrected chi connectivity index (χ4v) is 4.43. The third-order valence-corrected chi connectivity index (χ3v) is 6.68. The molecule has 0 saturated carbocycles. The number of aryl methyl sites for hydroxylation is 2. The van der Waals surface area contributed by atoms with Gasteiger partial charge in [0, 0.05) is 18.5 Å². The number of thiazole rings is 1. The van der Waals surface area contributed by atoms with Crippen LogP contribution in [0.5, 0.6) is 5.75 Å². The van der Waals surface area contributed by atoms with Crippen LogP contribution in [0.2, 0.25) is 0 Å². The van der Waals surface area contributed by atoms with Gasteiger partial charge in [0.15, 0.2) is 5.13 Å². The summed E-state index contributed by atoms with van der Waals surface area (Å²) in [5.41, 5.74) is 0.831. The molecule has 27 heavy (non-hydrogen) atoms. The molecule has 0 bridgehead atoms. The molecule has 8 nitrogen and oxygen atoms in total. The number of amides is 1. The predicted octanol–water partition coefficient (Wildman–Crippen LogP) is 2.04. The van der Waals surface area contributed by atoms with E-state index >= 15 is 0 Å². The molecule has 0 fully saturated rings. The summed E-state index contributed by atoms with van der Waals surface area (Å²) in [6, 6.07) is 6.00. The number of hydrogen-bond acceptors (Lipinski definition) is 7. The molecule has 2 rings (SSSR count). The highest BCUT2D eigenvalue weighted by Crippen LogP contribution is 2.22. The van der Waals surface area contributed by atoms with E-state index in [2.05, 4.69) is 10.3 Å². The van der Waals surface area contributed by atoms with Gasteiger partial charge in [-0.2, -0.15) is 4.31 Å². The van der Waals surface area contributed by atoms with Crippen molar-refractivity contribution in [2.24, 2.45) is 0 Å². The van der Waals surface area contributed by atoms with E-state index in [0.717, 1.165) is 14.9 Å². The van der Waals surface area contributed by atoms with Crippen LogP contribution in [0.15, 0.2) is 29.2 Å². The van der Waals surface area contributed by atoms with Crippen molar-refractivity contribution in [2.45, 2.75) is 18.7 Å². The molecule has 1 amide bonds. The Morgan fingerprint density at radius 2 is 1.89 bits per heavy atom.